The monoisotopic (exact) mass is 339 g/mol. The molecule has 0 aliphatic heterocycles. The zero-order chi connectivity index (χ0) is 17.2. The van der Waals surface area contributed by atoms with E-state index in [4.69, 9.17) is 9.26 Å². The lowest BCUT2D eigenvalue weighted by Gasteiger charge is -2.13. The molecule has 0 unspecified atom stereocenters. The summed E-state index contributed by atoms with van der Waals surface area (Å²) in [7, 11) is 1.58. The number of hydrogen-bond donors (Lipinski definition) is 2. The molecule has 2 N–H and O–H groups in total. The van der Waals surface area contributed by atoms with Gasteiger partial charge in [-0.05, 0) is 30.0 Å². The number of amides is 1. The Kier molecular flexibility index (Phi) is 4.02. The highest BCUT2D eigenvalue weighted by atomic mass is 16.5. The maximum atomic E-state index is 12.2. The number of carbonyl (C=O) groups is 1. The maximum Gasteiger partial charge on any atom is 0.254 e. The predicted octanol–water partition coefficient (Wildman–Crippen LogP) is 2.02. The van der Waals surface area contributed by atoms with Crippen LogP contribution in [0.4, 0.5) is 0 Å². The SMILES string of the molecule is COCc1nc(-c2ccc3c(c2)CC[C@H]3NC(=O)c2cn[nH]c2)no1. The van der Waals surface area contributed by atoms with Crippen molar-refractivity contribution in [3.05, 3.63) is 53.2 Å². The molecule has 1 aliphatic carbocycles. The van der Waals surface area contributed by atoms with E-state index < -0.39 is 0 Å². The van der Waals surface area contributed by atoms with Crippen molar-refractivity contribution in [2.24, 2.45) is 0 Å². The third-order valence-electron chi connectivity index (χ3n) is 4.28. The molecule has 25 heavy (non-hydrogen) atoms. The molecule has 1 aromatic carbocycles. The number of aromatic nitrogens is 4. The molecule has 0 bridgehead atoms. The van der Waals surface area contributed by atoms with E-state index in [-0.39, 0.29) is 11.9 Å². The van der Waals surface area contributed by atoms with Crippen LogP contribution in [0, 0.1) is 0 Å². The summed E-state index contributed by atoms with van der Waals surface area (Å²) in [4.78, 5) is 16.5. The highest BCUT2D eigenvalue weighted by Gasteiger charge is 2.25. The number of methoxy groups -OCH3 is 1. The maximum absolute atomic E-state index is 12.2. The van der Waals surface area contributed by atoms with Gasteiger partial charge in [-0.15, -0.1) is 0 Å². The summed E-state index contributed by atoms with van der Waals surface area (Å²) in [6, 6.07) is 6.02. The van der Waals surface area contributed by atoms with Crippen molar-refractivity contribution in [1.29, 1.82) is 0 Å². The minimum atomic E-state index is -0.127. The zero-order valence-corrected chi connectivity index (χ0v) is 13.7. The van der Waals surface area contributed by atoms with Gasteiger partial charge in [0.1, 0.15) is 6.61 Å². The number of fused-ring (bicyclic) bond motifs is 1. The molecule has 4 rings (SSSR count). The van der Waals surface area contributed by atoms with Crippen molar-refractivity contribution < 1.29 is 14.1 Å². The Bertz CT molecular complexity index is 888. The summed E-state index contributed by atoms with van der Waals surface area (Å²) in [6.45, 7) is 0.292. The number of benzene rings is 1. The predicted molar refractivity (Wildman–Crippen MR) is 87.6 cm³/mol. The van der Waals surface area contributed by atoms with Gasteiger partial charge in [-0.3, -0.25) is 9.89 Å². The van der Waals surface area contributed by atoms with Gasteiger partial charge >= 0.3 is 0 Å². The molecule has 2 aromatic heterocycles. The van der Waals surface area contributed by atoms with Crippen LogP contribution in [-0.4, -0.2) is 33.4 Å². The first-order valence-electron chi connectivity index (χ1n) is 7.99. The highest BCUT2D eigenvalue weighted by molar-refractivity contribution is 5.94. The van der Waals surface area contributed by atoms with E-state index in [0.29, 0.717) is 23.9 Å². The van der Waals surface area contributed by atoms with E-state index in [1.165, 1.54) is 11.8 Å². The van der Waals surface area contributed by atoms with Gasteiger partial charge in [-0.25, -0.2) is 0 Å². The third kappa shape index (κ3) is 3.03. The smallest absolute Gasteiger partial charge is 0.254 e. The highest BCUT2D eigenvalue weighted by Crippen LogP contribution is 2.33. The standard InChI is InChI=1S/C17H17N5O3/c1-24-9-15-21-16(22-25-15)11-2-4-13-10(6-11)3-5-14(13)20-17(23)12-7-18-19-8-12/h2,4,6-8,14H,3,5,9H2,1H3,(H,18,19)(H,20,23)/t14-/m1/s1. The molecular formula is C17H17N5O3. The van der Waals surface area contributed by atoms with Crippen molar-refractivity contribution >= 4 is 5.91 Å². The van der Waals surface area contributed by atoms with Gasteiger partial charge in [0.25, 0.3) is 11.8 Å². The lowest BCUT2D eigenvalue weighted by molar-refractivity contribution is 0.0937. The molecular weight excluding hydrogens is 322 g/mol. The van der Waals surface area contributed by atoms with Gasteiger partial charge in [0.2, 0.25) is 5.82 Å². The Morgan fingerprint density at radius 2 is 2.40 bits per heavy atom. The second-order valence-electron chi connectivity index (χ2n) is 5.91. The van der Waals surface area contributed by atoms with E-state index in [2.05, 4.69) is 31.7 Å². The first-order valence-corrected chi connectivity index (χ1v) is 7.99. The number of aryl methyl sites for hydroxylation is 1. The van der Waals surface area contributed by atoms with Crippen molar-refractivity contribution in [1.82, 2.24) is 25.7 Å². The number of rotatable bonds is 5. The van der Waals surface area contributed by atoms with Crippen molar-refractivity contribution in [3.8, 4) is 11.4 Å². The molecule has 3 aromatic rings. The number of ether oxygens (including phenoxy) is 1. The normalized spacial score (nSPS) is 16.0. The van der Waals surface area contributed by atoms with Crippen LogP contribution in [0.5, 0.6) is 0 Å². The molecule has 0 radical (unpaired) electrons. The van der Waals surface area contributed by atoms with Crippen LogP contribution in [0.2, 0.25) is 0 Å². The average molecular weight is 339 g/mol. The van der Waals surface area contributed by atoms with E-state index in [1.807, 2.05) is 12.1 Å². The fourth-order valence-electron chi connectivity index (χ4n) is 3.08. The van der Waals surface area contributed by atoms with Crippen LogP contribution >= 0.6 is 0 Å². The molecule has 2 heterocycles. The van der Waals surface area contributed by atoms with E-state index in [9.17, 15) is 4.79 Å². The van der Waals surface area contributed by atoms with E-state index in [0.717, 1.165) is 24.0 Å². The Morgan fingerprint density at radius 1 is 1.48 bits per heavy atom. The quantitative estimate of drug-likeness (QED) is 0.737. The molecule has 8 nitrogen and oxygen atoms in total. The number of nitrogens with one attached hydrogen (secondary N) is 2. The number of hydrogen-bond acceptors (Lipinski definition) is 6. The lowest BCUT2D eigenvalue weighted by atomic mass is 10.0. The fourth-order valence-corrected chi connectivity index (χ4v) is 3.08. The van der Waals surface area contributed by atoms with Crippen LogP contribution in [0.15, 0.2) is 35.1 Å². The number of aromatic amines is 1. The summed E-state index contributed by atoms with van der Waals surface area (Å²) in [6.07, 6.45) is 4.86. The Morgan fingerprint density at radius 3 is 3.20 bits per heavy atom. The molecule has 0 fully saturated rings. The molecule has 1 aliphatic rings. The van der Waals surface area contributed by atoms with Crippen LogP contribution < -0.4 is 5.32 Å². The van der Waals surface area contributed by atoms with Gasteiger partial charge in [0, 0.05) is 18.9 Å². The van der Waals surface area contributed by atoms with Crippen molar-refractivity contribution in [2.75, 3.05) is 7.11 Å². The molecule has 0 saturated carbocycles. The van der Waals surface area contributed by atoms with Gasteiger partial charge in [0.05, 0.1) is 17.8 Å². The largest absolute Gasteiger partial charge is 0.375 e. The number of nitrogens with zero attached hydrogens (tertiary/aromatic N) is 3. The minimum Gasteiger partial charge on any atom is -0.375 e. The zero-order valence-electron chi connectivity index (χ0n) is 13.7. The van der Waals surface area contributed by atoms with Gasteiger partial charge in [-0.2, -0.15) is 10.1 Å². The first kappa shape index (κ1) is 15.5. The van der Waals surface area contributed by atoms with Crippen molar-refractivity contribution in [2.45, 2.75) is 25.5 Å². The molecule has 0 saturated heterocycles. The van der Waals surface area contributed by atoms with Crippen LogP contribution in [0.1, 0.15) is 39.8 Å². The summed E-state index contributed by atoms with van der Waals surface area (Å²) in [5, 5.41) is 13.5. The topological polar surface area (TPSA) is 106 Å². The average Bonchev–Trinajstić information content (AvgIpc) is 3.36. The summed E-state index contributed by atoms with van der Waals surface area (Å²) >= 11 is 0. The van der Waals surface area contributed by atoms with E-state index >= 15 is 0 Å². The first-order chi connectivity index (χ1) is 12.2. The minimum absolute atomic E-state index is 0.000713. The van der Waals surface area contributed by atoms with Crippen molar-refractivity contribution in [3.63, 3.8) is 0 Å². The van der Waals surface area contributed by atoms with Gasteiger partial charge in [-0.1, -0.05) is 17.3 Å². The third-order valence-corrected chi connectivity index (χ3v) is 4.28. The summed E-state index contributed by atoms with van der Waals surface area (Å²) in [5.74, 6) is 0.863. The summed E-state index contributed by atoms with van der Waals surface area (Å²) < 4.78 is 10.1. The molecule has 1 atom stereocenters. The Labute approximate surface area is 143 Å². The Balaban J connectivity index is 1.52. The lowest BCUT2D eigenvalue weighted by Crippen LogP contribution is -2.26. The van der Waals surface area contributed by atoms with E-state index in [1.54, 1.807) is 13.3 Å². The van der Waals surface area contributed by atoms with Gasteiger partial charge in [0.15, 0.2) is 0 Å². The fraction of sp³-hybridized carbons (Fsp3) is 0.294. The second-order valence-corrected chi connectivity index (χ2v) is 5.91. The number of carbonyl (C=O) groups excluding carboxylic acids is 1. The molecule has 0 spiro atoms. The van der Waals surface area contributed by atoms with Crippen LogP contribution in [0.25, 0.3) is 11.4 Å². The molecule has 1 amide bonds. The van der Waals surface area contributed by atoms with Gasteiger partial charge < -0.3 is 14.6 Å². The van der Waals surface area contributed by atoms with Crippen LogP contribution in [-0.2, 0) is 17.8 Å². The second kappa shape index (κ2) is 6.48. The molecule has 8 heteroatoms. The summed E-state index contributed by atoms with van der Waals surface area (Å²) in [5.41, 5.74) is 3.74. The number of H-pyrrole nitrogens is 1. The molecule has 128 valence electrons. The van der Waals surface area contributed by atoms with Crippen LogP contribution in [0.3, 0.4) is 0 Å². The Hall–Kier alpha value is -3.00.